The van der Waals surface area contributed by atoms with Crippen molar-refractivity contribution in [2.24, 2.45) is 11.8 Å². The highest BCUT2D eigenvalue weighted by Gasteiger charge is 2.52. The highest BCUT2D eigenvalue weighted by molar-refractivity contribution is 6.38. The lowest BCUT2D eigenvalue weighted by Crippen LogP contribution is -2.57. The fourth-order valence-corrected chi connectivity index (χ4v) is 6.61. The van der Waals surface area contributed by atoms with Gasteiger partial charge in [-0.15, -0.1) is 0 Å². The van der Waals surface area contributed by atoms with Crippen LogP contribution in [0.2, 0.25) is 0 Å². The van der Waals surface area contributed by atoms with Crippen molar-refractivity contribution in [2.45, 2.75) is 56.8 Å². The SMILES string of the molecule is O=C(NCc1ccccc1)C(=O)C(C[C@@H]1CCNC1=O)NC(=O)[C@@H]1[C@H]2CC[C@H](C2)N1C(=O)c1cc2ccccc2[nH]1. The molecule has 5 atom stereocenters. The van der Waals surface area contributed by atoms with Gasteiger partial charge in [-0.3, -0.25) is 24.0 Å². The summed E-state index contributed by atoms with van der Waals surface area (Å²) in [6, 6.07) is 16.6. The van der Waals surface area contributed by atoms with Crippen molar-refractivity contribution in [1.29, 1.82) is 0 Å². The minimum Gasteiger partial charge on any atom is -0.356 e. The number of hydrogen-bond donors (Lipinski definition) is 4. The Bertz CT molecular complexity index is 1470. The van der Waals surface area contributed by atoms with Gasteiger partial charge < -0.3 is 25.8 Å². The first-order valence-corrected chi connectivity index (χ1v) is 14.2. The van der Waals surface area contributed by atoms with Gasteiger partial charge in [0.05, 0.1) is 6.04 Å². The largest absolute Gasteiger partial charge is 0.356 e. The summed E-state index contributed by atoms with van der Waals surface area (Å²) in [7, 11) is 0. The van der Waals surface area contributed by atoms with Gasteiger partial charge in [0, 0.05) is 36.0 Å². The second-order valence-electron chi connectivity index (χ2n) is 11.3. The first-order chi connectivity index (χ1) is 19.9. The van der Waals surface area contributed by atoms with Crippen LogP contribution >= 0.6 is 0 Å². The van der Waals surface area contributed by atoms with Gasteiger partial charge in [-0.1, -0.05) is 48.5 Å². The van der Waals surface area contributed by atoms with E-state index in [-0.39, 0.29) is 36.7 Å². The standard InChI is InChI=1S/C31H33N5O5/c37-27(30(40)33-17-18-6-2-1-3-7-18)24(16-21-12-13-32-28(21)38)35-29(39)26-20-10-11-22(14-20)36(26)31(41)25-15-19-8-4-5-9-23(19)34-25/h1-9,15,20-22,24,26,34H,10-14,16-17H2,(H,32,38)(H,33,40)(H,35,39)/t20-,21-,22+,24?,26-/m0/s1. The monoisotopic (exact) mass is 555 g/mol. The van der Waals surface area contributed by atoms with Gasteiger partial charge in [0.25, 0.3) is 11.8 Å². The maximum absolute atomic E-state index is 13.8. The molecule has 3 heterocycles. The summed E-state index contributed by atoms with van der Waals surface area (Å²) in [4.78, 5) is 71.0. The number of Topliss-reactive ketones (excluding diaryl/α,β-unsaturated/α-hetero) is 1. The van der Waals surface area contributed by atoms with Crippen LogP contribution in [-0.4, -0.2) is 64.0 Å². The molecule has 10 heteroatoms. The summed E-state index contributed by atoms with van der Waals surface area (Å²) in [6.07, 6.45) is 2.87. The maximum Gasteiger partial charge on any atom is 0.289 e. The van der Waals surface area contributed by atoms with Gasteiger partial charge in [0.1, 0.15) is 11.7 Å². The van der Waals surface area contributed by atoms with Gasteiger partial charge in [-0.2, -0.15) is 0 Å². The number of benzene rings is 2. The zero-order valence-electron chi connectivity index (χ0n) is 22.6. The number of para-hydroxylation sites is 1. The number of rotatable bonds is 9. The van der Waals surface area contributed by atoms with E-state index in [1.807, 2.05) is 54.6 Å². The fraction of sp³-hybridized carbons (Fsp3) is 0.387. The predicted molar refractivity (Wildman–Crippen MR) is 150 cm³/mol. The molecule has 3 aliphatic rings. The highest BCUT2D eigenvalue weighted by Crippen LogP contribution is 2.43. The van der Waals surface area contributed by atoms with E-state index >= 15 is 0 Å². The quantitative estimate of drug-likeness (QED) is 0.299. The van der Waals surface area contributed by atoms with Crippen molar-refractivity contribution in [2.75, 3.05) is 6.54 Å². The number of nitrogens with one attached hydrogen (secondary N) is 4. The van der Waals surface area contributed by atoms with Crippen LogP contribution in [0.1, 0.15) is 48.2 Å². The van der Waals surface area contributed by atoms with Crippen LogP contribution in [0.25, 0.3) is 10.9 Å². The number of H-pyrrole nitrogens is 1. The Kier molecular flexibility index (Phi) is 7.30. The summed E-state index contributed by atoms with van der Waals surface area (Å²) < 4.78 is 0. The third-order valence-electron chi connectivity index (χ3n) is 8.68. The van der Waals surface area contributed by atoms with Crippen LogP contribution in [0.4, 0.5) is 0 Å². The first-order valence-electron chi connectivity index (χ1n) is 14.2. The number of carbonyl (C=O) groups excluding carboxylic acids is 5. The zero-order chi connectivity index (χ0) is 28.5. The second kappa shape index (κ2) is 11.2. The Morgan fingerprint density at radius 1 is 0.976 bits per heavy atom. The lowest BCUT2D eigenvalue weighted by Gasteiger charge is -2.35. The summed E-state index contributed by atoms with van der Waals surface area (Å²) >= 11 is 0. The number of carbonyl (C=O) groups is 5. The molecule has 1 unspecified atom stereocenters. The number of ketones is 1. The van der Waals surface area contributed by atoms with Crippen LogP contribution < -0.4 is 16.0 Å². The van der Waals surface area contributed by atoms with Crippen LogP contribution in [-0.2, 0) is 25.7 Å². The van der Waals surface area contributed by atoms with Crippen molar-refractivity contribution in [3.05, 3.63) is 71.9 Å². The molecule has 0 radical (unpaired) electrons. The number of amides is 4. The molecule has 212 valence electrons. The number of aromatic amines is 1. The number of piperidine rings is 1. The lowest BCUT2D eigenvalue weighted by molar-refractivity contribution is -0.141. The number of aromatic nitrogens is 1. The number of hydrogen-bond acceptors (Lipinski definition) is 5. The lowest BCUT2D eigenvalue weighted by atomic mass is 9.93. The summed E-state index contributed by atoms with van der Waals surface area (Å²) in [5.41, 5.74) is 2.08. The summed E-state index contributed by atoms with van der Waals surface area (Å²) in [5, 5.41) is 9.09. The molecule has 2 saturated heterocycles. The molecular formula is C31H33N5O5. The molecule has 41 heavy (non-hydrogen) atoms. The minimum absolute atomic E-state index is 0.0198. The predicted octanol–water partition coefficient (Wildman–Crippen LogP) is 2.06. The molecule has 2 aromatic carbocycles. The van der Waals surface area contributed by atoms with Crippen molar-refractivity contribution in [1.82, 2.24) is 25.8 Å². The minimum atomic E-state index is -1.18. The Labute approximate surface area is 237 Å². The van der Waals surface area contributed by atoms with E-state index in [1.54, 1.807) is 11.0 Å². The highest BCUT2D eigenvalue weighted by atomic mass is 16.2. The molecule has 1 saturated carbocycles. The molecular weight excluding hydrogens is 522 g/mol. The van der Waals surface area contributed by atoms with Crippen molar-refractivity contribution >= 4 is 40.3 Å². The Hall–Kier alpha value is -4.47. The molecule has 3 fully saturated rings. The Morgan fingerprint density at radius 2 is 1.76 bits per heavy atom. The molecule has 4 amide bonds. The third-order valence-corrected chi connectivity index (χ3v) is 8.68. The zero-order valence-corrected chi connectivity index (χ0v) is 22.6. The summed E-state index contributed by atoms with van der Waals surface area (Å²) in [5.74, 6) is -3.07. The average Bonchev–Trinajstić information content (AvgIpc) is 3.79. The van der Waals surface area contributed by atoms with Crippen LogP contribution in [0.3, 0.4) is 0 Å². The first kappa shape index (κ1) is 26.7. The fourth-order valence-electron chi connectivity index (χ4n) is 6.61. The topological polar surface area (TPSA) is 140 Å². The van der Waals surface area contributed by atoms with Crippen molar-refractivity contribution in [3.8, 4) is 0 Å². The maximum atomic E-state index is 13.8. The average molecular weight is 556 g/mol. The molecule has 0 spiro atoms. The van der Waals surface area contributed by atoms with Gasteiger partial charge in [0.15, 0.2) is 0 Å². The molecule has 2 aliphatic heterocycles. The number of likely N-dealkylation sites (tertiary alicyclic amines) is 1. The smallest absolute Gasteiger partial charge is 0.289 e. The van der Waals surface area contributed by atoms with Gasteiger partial charge in [-0.05, 0) is 55.7 Å². The van der Waals surface area contributed by atoms with Gasteiger partial charge in [0.2, 0.25) is 17.6 Å². The second-order valence-corrected chi connectivity index (χ2v) is 11.3. The molecule has 3 aromatic rings. The number of fused-ring (bicyclic) bond motifs is 3. The van der Waals surface area contributed by atoms with E-state index in [4.69, 9.17) is 0 Å². The van der Waals surface area contributed by atoms with E-state index in [9.17, 15) is 24.0 Å². The third kappa shape index (κ3) is 5.33. The molecule has 6 rings (SSSR count). The van der Waals surface area contributed by atoms with Gasteiger partial charge in [-0.25, -0.2) is 0 Å². The number of nitrogens with zero attached hydrogens (tertiary/aromatic N) is 1. The van der Waals surface area contributed by atoms with E-state index in [2.05, 4.69) is 20.9 Å². The summed E-state index contributed by atoms with van der Waals surface area (Å²) in [6.45, 7) is 0.646. The molecule has 1 aliphatic carbocycles. The van der Waals surface area contributed by atoms with Crippen LogP contribution in [0, 0.1) is 11.8 Å². The van der Waals surface area contributed by atoms with E-state index in [1.165, 1.54) is 0 Å². The Morgan fingerprint density at radius 3 is 2.51 bits per heavy atom. The van der Waals surface area contributed by atoms with E-state index in [0.29, 0.717) is 25.1 Å². The van der Waals surface area contributed by atoms with E-state index in [0.717, 1.165) is 29.3 Å². The Balaban J connectivity index is 1.20. The van der Waals surface area contributed by atoms with Gasteiger partial charge >= 0.3 is 0 Å². The van der Waals surface area contributed by atoms with Crippen LogP contribution in [0.15, 0.2) is 60.7 Å². The molecule has 2 bridgehead atoms. The van der Waals surface area contributed by atoms with Crippen LogP contribution in [0.5, 0.6) is 0 Å². The molecule has 10 nitrogen and oxygen atoms in total. The normalized spacial score (nSPS) is 23.8. The van der Waals surface area contributed by atoms with Crippen molar-refractivity contribution < 1.29 is 24.0 Å². The van der Waals surface area contributed by atoms with E-state index < -0.39 is 35.6 Å². The molecule has 1 aromatic heterocycles. The van der Waals surface area contributed by atoms with Crippen molar-refractivity contribution in [3.63, 3.8) is 0 Å². The molecule has 4 N–H and O–H groups in total.